The second-order valence-corrected chi connectivity index (χ2v) is 18.2. The summed E-state index contributed by atoms with van der Waals surface area (Å²) >= 11 is 0. The minimum absolute atomic E-state index is 0.0180. The maximum absolute atomic E-state index is 12.7. The number of hydrogen-bond donors (Lipinski definition) is 0. The lowest BCUT2D eigenvalue weighted by atomic mass is 10.0. The fraction of sp³-hybridized carbons (Fsp3) is 0.891. The molecule has 1 unspecified atom stereocenters. The van der Waals surface area contributed by atoms with Crippen LogP contribution in [0, 0.1) is 0 Å². The molecule has 0 aromatic carbocycles. The van der Waals surface area contributed by atoms with Crippen LogP contribution in [-0.2, 0) is 27.9 Å². The molecule has 0 heterocycles. The topological polar surface area (TPSA) is 94.1 Å². The van der Waals surface area contributed by atoms with E-state index in [0.29, 0.717) is 17.4 Å². The molecular formula is C46H90NO7P. The van der Waals surface area contributed by atoms with Gasteiger partial charge < -0.3 is 27.9 Å². The number of rotatable bonds is 43. The first-order valence-corrected chi connectivity index (χ1v) is 24.6. The van der Waals surface area contributed by atoms with Crippen LogP contribution in [0.5, 0.6) is 0 Å². The summed E-state index contributed by atoms with van der Waals surface area (Å²) in [7, 11) is 1.33. The van der Waals surface area contributed by atoms with Gasteiger partial charge in [-0.15, -0.1) is 0 Å². The van der Waals surface area contributed by atoms with Gasteiger partial charge in [0, 0.05) is 6.42 Å². The Morgan fingerprint density at radius 2 is 0.982 bits per heavy atom. The summed E-state index contributed by atoms with van der Waals surface area (Å²) in [5.41, 5.74) is 0. The third kappa shape index (κ3) is 43.8. The number of allylic oxidation sites excluding steroid dienone is 3. The van der Waals surface area contributed by atoms with E-state index in [-0.39, 0.29) is 25.8 Å². The number of hydrogen-bond acceptors (Lipinski definition) is 7. The summed E-state index contributed by atoms with van der Waals surface area (Å²) in [5, 5.41) is 0. The van der Waals surface area contributed by atoms with Crippen molar-refractivity contribution < 1.29 is 37.3 Å². The van der Waals surface area contributed by atoms with E-state index in [9.17, 15) is 14.3 Å². The maximum atomic E-state index is 12.7. The largest absolute Gasteiger partial charge is 0.756 e. The molecule has 0 aromatic heterocycles. The Bertz CT molecular complexity index is 936. The van der Waals surface area contributed by atoms with Crippen molar-refractivity contribution in [3.8, 4) is 0 Å². The molecule has 0 bridgehead atoms. The number of esters is 1. The van der Waals surface area contributed by atoms with E-state index < -0.39 is 13.9 Å². The van der Waals surface area contributed by atoms with Crippen LogP contribution in [0.4, 0.5) is 0 Å². The number of carbonyl (C=O) groups excluding carboxylic acids is 1. The Morgan fingerprint density at radius 3 is 1.45 bits per heavy atom. The Balaban J connectivity index is 4.23. The van der Waals surface area contributed by atoms with Crippen LogP contribution in [0.2, 0.25) is 0 Å². The maximum Gasteiger partial charge on any atom is 0.306 e. The SMILES string of the molecule is CCCC/C=C/CCCCCCCCCCCC(=O)O[C@H](CO/C=C/CCCCCCCCCCCCCCCCCC)COP(=O)([O-])OCC[N+](C)(C)C. The lowest BCUT2D eigenvalue weighted by Gasteiger charge is -2.28. The van der Waals surface area contributed by atoms with Gasteiger partial charge in [-0.25, -0.2) is 0 Å². The molecule has 0 aliphatic carbocycles. The number of quaternary nitrogens is 1. The fourth-order valence-electron chi connectivity index (χ4n) is 6.44. The highest BCUT2D eigenvalue weighted by Crippen LogP contribution is 2.38. The zero-order valence-corrected chi connectivity index (χ0v) is 37.8. The van der Waals surface area contributed by atoms with Gasteiger partial charge >= 0.3 is 5.97 Å². The number of ether oxygens (including phenoxy) is 2. The molecule has 0 fully saturated rings. The second kappa shape index (κ2) is 39.6. The second-order valence-electron chi connectivity index (χ2n) is 16.8. The molecule has 55 heavy (non-hydrogen) atoms. The zero-order valence-electron chi connectivity index (χ0n) is 36.9. The van der Waals surface area contributed by atoms with Gasteiger partial charge in [0.25, 0.3) is 7.82 Å². The molecule has 0 spiro atoms. The molecule has 326 valence electrons. The Kier molecular flexibility index (Phi) is 38.8. The Morgan fingerprint density at radius 1 is 0.564 bits per heavy atom. The van der Waals surface area contributed by atoms with Gasteiger partial charge in [-0.05, 0) is 44.6 Å². The molecule has 0 rings (SSSR count). The van der Waals surface area contributed by atoms with Crippen molar-refractivity contribution >= 4 is 13.8 Å². The highest BCUT2D eigenvalue weighted by molar-refractivity contribution is 7.45. The third-order valence-corrected chi connectivity index (χ3v) is 11.0. The summed E-state index contributed by atoms with van der Waals surface area (Å²) in [6.45, 7) is 4.73. The fourth-order valence-corrected chi connectivity index (χ4v) is 7.16. The lowest BCUT2D eigenvalue weighted by molar-refractivity contribution is -0.870. The molecule has 0 aromatic rings. The molecule has 9 heteroatoms. The molecule has 0 aliphatic heterocycles. The predicted molar refractivity (Wildman–Crippen MR) is 231 cm³/mol. The van der Waals surface area contributed by atoms with E-state index >= 15 is 0 Å². The van der Waals surface area contributed by atoms with E-state index in [4.69, 9.17) is 18.5 Å². The first-order chi connectivity index (χ1) is 26.6. The summed E-state index contributed by atoms with van der Waals surface area (Å²) in [5.74, 6) is -0.357. The van der Waals surface area contributed by atoms with E-state index in [0.717, 1.165) is 32.1 Å². The minimum atomic E-state index is -4.54. The van der Waals surface area contributed by atoms with E-state index in [1.165, 1.54) is 161 Å². The highest BCUT2D eigenvalue weighted by atomic mass is 31.2. The number of nitrogens with zero attached hydrogens (tertiary/aromatic N) is 1. The first-order valence-electron chi connectivity index (χ1n) is 23.1. The molecule has 0 radical (unpaired) electrons. The Labute approximate surface area is 341 Å². The van der Waals surface area contributed by atoms with Crippen molar-refractivity contribution in [2.45, 2.75) is 219 Å². The van der Waals surface area contributed by atoms with Gasteiger partial charge in [0.15, 0.2) is 6.10 Å². The van der Waals surface area contributed by atoms with Gasteiger partial charge in [-0.3, -0.25) is 9.36 Å². The van der Waals surface area contributed by atoms with Crippen LogP contribution in [0.1, 0.15) is 213 Å². The number of likely N-dealkylation sites (N-methyl/N-ethyl adjacent to an activating group) is 1. The minimum Gasteiger partial charge on any atom is -0.756 e. The number of carbonyl (C=O) groups is 1. The zero-order chi connectivity index (χ0) is 40.6. The van der Waals surface area contributed by atoms with Gasteiger partial charge in [0.05, 0.1) is 34.0 Å². The number of unbranched alkanes of at least 4 members (excludes halogenated alkanes) is 27. The van der Waals surface area contributed by atoms with Crippen LogP contribution >= 0.6 is 7.82 Å². The van der Waals surface area contributed by atoms with Gasteiger partial charge in [0.2, 0.25) is 0 Å². The van der Waals surface area contributed by atoms with Crippen LogP contribution in [0.15, 0.2) is 24.5 Å². The molecule has 0 N–H and O–H groups in total. The van der Waals surface area contributed by atoms with Crippen molar-refractivity contribution in [1.82, 2.24) is 0 Å². The summed E-state index contributed by atoms with van der Waals surface area (Å²) in [6, 6.07) is 0. The quantitative estimate of drug-likeness (QED) is 0.0151. The normalized spacial score (nSPS) is 13.9. The van der Waals surface area contributed by atoms with Crippen molar-refractivity contribution in [3.05, 3.63) is 24.5 Å². The average Bonchev–Trinajstić information content (AvgIpc) is 3.13. The Hall–Kier alpha value is -1.18. The van der Waals surface area contributed by atoms with Crippen molar-refractivity contribution in [2.24, 2.45) is 0 Å². The summed E-state index contributed by atoms with van der Waals surface area (Å²) in [6.07, 6.45) is 45.7. The van der Waals surface area contributed by atoms with Crippen LogP contribution in [-0.4, -0.2) is 64.1 Å². The average molecular weight is 800 g/mol. The summed E-state index contributed by atoms with van der Waals surface area (Å²) in [4.78, 5) is 25.0. The molecular weight excluding hydrogens is 709 g/mol. The molecule has 2 atom stereocenters. The van der Waals surface area contributed by atoms with Crippen molar-refractivity contribution in [1.29, 1.82) is 0 Å². The van der Waals surface area contributed by atoms with Crippen LogP contribution in [0.3, 0.4) is 0 Å². The third-order valence-electron chi connectivity index (χ3n) is 10.1. The standard InChI is InChI=1S/C46H90NO7P/c1-6-8-10-12-14-16-18-20-22-23-24-26-28-30-32-34-36-38-41-51-43-45(44-53-55(49,50)52-42-40-47(3,4)5)54-46(48)39-37-35-33-31-29-27-25-21-19-17-15-13-11-9-7-2/h13,15,38,41,45H,6-12,14,16-37,39-40,42-44H2,1-5H3/b15-13+,41-38+/t45-/m1/s1. The molecule has 0 aliphatic rings. The summed E-state index contributed by atoms with van der Waals surface area (Å²) < 4.78 is 34.4. The van der Waals surface area contributed by atoms with E-state index in [2.05, 4.69) is 26.0 Å². The molecule has 0 amide bonds. The van der Waals surface area contributed by atoms with E-state index in [1.54, 1.807) is 6.26 Å². The lowest BCUT2D eigenvalue weighted by Crippen LogP contribution is -2.37. The van der Waals surface area contributed by atoms with Crippen LogP contribution < -0.4 is 4.89 Å². The van der Waals surface area contributed by atoms with Crippen LogP contribution in [0.25, 0.3) is 0 Å². The monoisotopic (exact) mass is 800 g/mol. The van der Waals surface area contributed by atoms with Crippen molar-refractivity contribution in [2.75, 3.05) is 47.5 Å². The smallest absolute Gasteiger partial charge is 0.306 e. The predicted octanol–water partition coefficient (Wildman–Crippen LogP) is 13.3. The highest BCUT2D eigenvalue weighted by Gasteiger charge is 2.20. The number of phosphoric acid groups is 1. The molecule has 0 saturated carbocycles. The molecule has 0 saturated heterocycles. The first kappa shape index (κ1) is 53.8. The van der Waals surface area contributed by atoms with Gasteiger partial charge in [-0.2, -0.15) is 0 Å². The van der Waals surface area contributed by atoms with Gasteiger partial charge in [0.1, 0.15) is 19.8 Å². The van der Waals surface area contributed by atoms with Crippen molar-refractivity contribution in [3.63, 3.8) is 0 Å². The van der Waals surface area contributed by atoms with Gasteiger partial charge in [-0.1, -0.05) is 180 Å². The molecule has 8 nitrogen and oxygen atoms in total. The van der Waals surface area contributed by atoms with E-state index in [1.807, 2.05) is 27.2 Å². The number of phosphoric ester groups is 1.